The van der Waals surface area contributed by atoms with E-state index in [1.807, 2.05) is 6.07 Å². The summed E-state index contributed by atoms with van der Waals surface area (Å²) in [6.07, 6.45) is 1.05. The molecule has 0 bridgehead atoms. The zero-order valence-electron chi connectivity index (χ0n) is 11.5. The van der Waals surface area contributed by atoms with Gasteiger partial charge in [-0.15, -0.1) is 0 Å². The second-order valence-electron chi connectivity index (χ2n) is 4.57. The van der Waals surface area contributed by atoms with Gasteiger partial charge in [-0.1, -0.05) is 18.5 Å². The number of carbonyl (C=O) groups is 2. The van der Waals surface area contributed by atoms with Gasteiger partial charge in [0.15, 0.2) is 0 Å². The van der Waals surface area contributed by atoms with Crippen LogP contribution < -0.4 is 10.6 Å². The molecule has 0 aliphatic rings. The molecular formula is C14H16ClN3O3. The van der Waals surface area contributed by atoms with E-state index in [1.165, 1.54) is 12.1 Å². The molecule has 0 aromatic heterocycles. The lowest BCUT2D eigenvalue weighted by molar-refractivity contribution is -0.141. The third-order valence-electron chi connectivity index (χ3n) is 2.86. The summed E-state index contributed by atoms with van der Waals surface area (Å²) in [6, 6.07) is 6.07. The van der Waals surface area contributed by atoms with Crippen molar-refractivity contribution in [2.45, 2.75) is 19.8 Å². The van der Waals surface area contributed by atoms with E-state index in [2.05, 4.69) is 10.6 Å². The van der Waals surface area contributed by atoms with E-state index in [9.17, 15) is 9.59 Å². The first-order chi connectivity index (χ1) is 9.93. The van der Waals surface area contributed by atoms with Gasteiger partial charge in [0.25, 0.3) is 0 Å². The van der Waals surface area contributed by atoms with Gasteiger partial charge < -0.3 is 15.7 Å². The number of anilines is 1. The van der Waals surface area contributed by atoms with Crippen LogP contribution in [-0.2, 0) is 4.79 Å². The van der Waals surface area contributed by atoms with Crippen molar-refractivity contribution in [3.05, 3.63) is 28.8 Å². The number of benzene rings is 1. The van der Waals surface area contributed by atoms with E-state index in [4.69, 9.17) is 22.0 Å². The van der Waals surface area contributed by atoms with Crippen molar-refractivity contribution in [3.8, 4) is 6.07 Å². The Morgan fingerprint density at radius 3 is 2.81 bits per heavy atom. The lowest BCUT2D eigenvalue weighted by Gasteiger charge is -2.10. The van der Waals surface area contributed by atoms with Gasteiger partial charge in [-0.05, 0) is 31.0 Å². The molecule has 0 radical (unpaired) electrons. The summed E-state index contributed by atoms with van der Waals surface area (Å²) in [6.45, 7) is 1.98. The molecule has 7 heteroatoms. The molecule has 0 saturated heterocycles. The van der Waals surface area contributed by atoms with Gasteiger partial charge >= 0.3 is 12.0 Å². The molecule has 1 unspecified atom stereocenters. The normalized spacial score (nSPS) is 11.3. The van der Waals surface area contributed by atoms with Crippen LogP contribution in [0.15, 0.2) is 18.2 Å². The predicted molar refractivity (Wildman–Crippen MR) is 79.2 cm³/mol. The van der Waals surface area contributed by atoms with Gasteiger partial charge in [0, 0.05) is 6.54 Å². The van der Waals surface area contributed by atoms with Crippen molar-refractivity contribution in [1.29, 1.82) is 5.26 Å². The zero-order valence-corrected chi connectivity index (χ0v) is 12.3. The van der Waals surface area contributed by atoms with E-state index >= 15 is 0 Å². The minimum atomic E-state index is -0.848. The number of nitrogens with one attached hydrogen (secondary N) is 2. The van der Waals surface area contributed by atoms with E-state index in [-0.39, 0.29) is 0 Å². The molecule has 6 nitrogen and oxygen atoms in total. The molecule has 1 atom stereocenters. The van der Waals surface area contributed by atoms with Crippen LogP contribution in [0.4, 0.5) is 10.5 Å². The average Bonchev–Trinajstić information content (AvgIpc) is 2.45. The van der Waals surface area contributed by atoms with Gasteiger partial charge in [-0.25, -0.2) is 4.79 Å². The summed E-state index contributed by atoms with van der Waals surface area (Å²) in [7, 11) is 0. The van der Waals surface area contributed by atoms with Crippen LogP contribution in [0.1, 0.15) is 25.3 Å². The van der Waals surface area contributed by atoms with Crippen molar-refractivity contribution >= 4 is 29.3 Å². The Bertz CT molecular complexity index is 569. The highest BCUT2D eigenvalue weighted by atomic mass is 35.5. The number of carbonyl (C=O) groups excluding carboxylic acids is 1. The Hall–Kier alpha value is -2.26. The van der Waals surface area contributed by atoms with Crippen molar-refractivity contribution in [2.24, 2.45) is 5.92 Å². The van der Waals surface area contributed by atoms with Crippen molar-refractivity contribution in [2.75, 3.05) is 11.9 Å². The summed E-state index contributed by atoms with van der Waals surface area (Å²) in [5.41, 5.74) is 0.747. The summed E-state index contributed by atoms with van der Waals surface area (Å²) in [5, 5.41) is 23.0. The number of nitrogens with zero attached hydrogens (tertiary/aromatic N) is 1. The number of halogens is 1. The molecule has 2 amide bonds. The van der Waals surface area contributed by atoms with Crippen LogP contribution in [0.5, 0.6) is 0 Å². The summed E-state index contributed by atoms with van der Waals surface area (Å²) < 4.78 is 0. The van der Waals surface area contributed by atoms with E-state index < -0.39 is 17.9 Å². The maximum Gasteiger partial charge on any atom is 0.319 e. The number of rotatable bonds is 6. The topological polar surface area (TPSA) is 102 Å². The number of nitriles is 1. The van der Waals surface area contributed by atoms with E-state index in [1.54, 1.807) is 13.0 Å². The summed E-state index contributed by atoms with van der Waals surface area (Å²) in [4.78, 5) is 22.3. The van der Waals surface area contributed by atoms with Crippen molar-refractivity contribution in [1.82, 2.24) is 5.32 Å². The number of hydrogen-bond acceptors (Lipinski definition) is 3. The van der Waals surface area contributed by atoms with Crippen molar-refractivity contribution < 1.29 is 14.7 Å². The first-order valence-corrected chi connectivity index (χ1v) is 6.79. The van der Waals surface area contributed by atoms with E-state index in [0.717, 1.165) is 0 Å². The lowest BCUT2D eigenvalue weighted by Crippen LogP contribution is -2.30. The van der Waals surface area contributed by atoms with Crippen LogP contribution in [0, 0.1) is 17.2 Å². The first-order valence-electron chi connectivity index (χ1n) is 6.41. The standard InChI is InChI=1S/C14H16ClN3O3/c1-9(13(19)20)3-2-6-17-14(21)18-12-7-10(8-16)4-5-11(12)15/h4-5,7,9H,2-3,6H2,1H3,(H,19,20)(H2,17,18,21). The van der Waals surface area contributed by atoms with Gasteiger partial charge in [0.05, 0.1) is 28.3 Å². The Morgan fingerprint density at radius 1 is 1.48 bits per heavy atom. The fourth-order valence-electron chi connectivity index (χ4n) is 1.59. The Labute approximate surface area is 127 Å². The fraction of sp³-hybridized carbons (Fsp3) is 0.357. The summed E-state index contributed by atoms with van der Waals surface area (Å²) in [5.74, 6) is -1.28. The predicted octanol–water partition coefficient (Wildman–Crippen LogP) is 2.83. The SMILES string of the molecule is CC(CCCNC(=O)Nc1cc(C#N)ccc1Cl)C(=O)O. The molecule has 0 spiro atoms. The highest BCUT2D eigenvalue weighted by Crippen LogP contribution is 2.22. The van der Waals surface area contributed by atoms with Crippen LogP contribution in [-0.4, -0.2) is 23.7 Å². The Balaban J connectivity index is 2.41. The maximum absolute atomic E-state index is 11.7. The molecule has 3 N–H and O–H groups in total. The number of hydrogen-bond donors (Lipinski definition) is 3. The number of carboxylic acids is 1. The highest BCUT2D eigenvalue weighted by Gasteiger charge is 2.10. The molecule has 0 heterocycles. The second kappa shape index (κ2) is 8.12. The molecule has 0 fully saturated rings. The van der Waals surface area contributed by atoms with E-state index in [0.29, 0.717) is 35.7 Å². The molecule has 0 aliphatic heterocycles. The minimum absolute atomic E-state index is 0.337. The fourth-order valence-corrected chi connectivity index (χ4v) is 1.76. The smallest absolute Gasteiger partial charge is 0.319 e. The minimum Gasteiger partial charge on any atom is -0.481 e. The highest BCUT2D eigenvalue weighted by molar-refractivity contribution is 6.33. The molecule has 0 aliphatic carbocycles. The molecule has 0 saturated carbocycles. The summed E-state index contributed by atoms with van der Waals surface area (Å²) >= 11 is 5.92. The molecule has 1 aromatic rings. The Kier molecular flexibility index (Phi) is 6.50. The maximum atomic E-state index is 11.7. The number of aliphatic carboxylic acids is 1. The van der Waals surface area contributed by atoms with Crippen LogP contribution >= 0.6 is 11.6 Å². The second-order valence-corrected chi connectivity index (χ2v) is 4.98. The number of urea groups is 1. The third kappa shape index (κ3) is 5.71. The van der Waals surface area contributed by atoms with Crippen LogP contribution in [0.3, 0.4) is 0 Å². The number of amides is 2. The van der Waals surface area contributed by atoms with Gasteiger partial charge in [-0.3, -0.25) is 4.79 Å². The average molecular weight is 310 g/mol. The van der Waals surface area contributed by atoms with Crippen LogP contribution in [0.2, 0.25) is 5.02 Å². The number of carboxylic acid groups (broad SMARTS) is 1. The molecular weight excluding hydrogens is 294 g/mol. The zero-order chi connectivity index (χ0) is 15.8. The molecule has 1 aromatic carbocycles. The quantitative estimate of drug-likeness (QED) is 0.703. The van der Waals surface area contributed by atoms with Gasteiger partial charge in [-0.2, -0.15) is 5.26 Å². The molecule has 112 valence electrons. The lowest BCUT2D eigenvalue weighted by atomic mass is 10.1. The third-order valence-corrected chi connectivity index (χ3v) is 3.19. The first kappa shape index (κ1) is 16.8. The van der Waals surface area contributed by atoms with Gasteiger partial charge in [0.2, 0.25) is 0 Å². The van der Waals surface area contributed by atoms with Crippen LogP contribution in [0.25, 0.3) is 0 Å². The largest absolute Gasteiger partial charge is 0.481 e. The molecule has 21 heavy (non-hydrogen) atoms. The molecule has 1 rings (SSSR count). The van der Waals surface area contributed by atoms with Gasteiger partial charge in [0.1, 0.15) is 0 Å². The van der Waals surface area contributed by atoms with Crippen molar-refractivity contribution in [3.63, 3.8) is 0 Å². The monoisotopic (exact) mass is 309 g/mol. The Morgan fingerprint density at radius 2 is 2.19 bits per heavy atom.